The lowest BCUT2D eigenvalue weighted by atomic mass is 10.1. The molecule has 5 heteroatoms. The molecule has 1 aromatic heterocycles. The van der Waals surface area contributed by atoms with E-state index < -0.39 is 11.2 Å². The van der Waals surface area contributed by atoms with Gasteiger partial charge in [0.15, 0.2) is 0 Å². The Hall–Kier alpha value is -0.550. The Bertz CT molecular complexity index is 396. The van der Waals surface area contributed by atoms with Crippen LogP contribution in [-0.2, 0) is 4.79 Å². The molecule has 1 atom stereocenters. The van der Waals surface area contributed by atoms with Gasteiger partial charge in [-0.3, -0.25) is 4.79 Å². The smallest absolute Gasteiger partial charge is 0.317 e. The van der Waals surface area contributed by atoms with Crippen LogP contribution in [0.15, 0.2) is 21.8 Å². The molecule has 0 amide bonds. The molecule has 0 saturated carbocycles. The van der Waals surface area contributed by atoms with Crippen LogP contribution >= 0.6 is 27.7 Å². The highest BCUT2D eigenvalue weighted by Gasteiger charge is 2.24. The lowest BCUT2D eigenvalue weighted by Gasteiger charge is -2.15. The van der Waals surface area contributed by atoms with E-state index in [1.54, 1.807) is 6.20 Å². The van der Waals surface area contributed by atoms with Crippen LogP contribution in [0.25, 0.3) is 0 Å². The van der Waals surface area contributed by atoms with Gasteiger partial charge in [-0.15, -0.1) is 0 Å². The molecule has 3 nitrogen and oxygen atoms in total. The van der Waals surface area contributed by atoms with Crippen molar-refractivity contribution < 1.29 is 9.90 Å². The molecule has 88 valence electrons. The van der Waals surface area contributed by atoms with E-state index >= 15 is 0 Å². The molecule has 0 aliphatic heterocycles. The SMILES string of the molecule is Cc1cnc(SC(C(=O)O)C(C)C)c(Br)c1. The fraction of sp³-hybridized carbons (Fsp3) is 0.455. The van der Waals surface area contributed by atoms with Crippen LogP contribution in [0.4, 0.5) is 0 Å². The number of halogens is 1. The molecule has 1 unspecified atom stereocenters. The number of hydrogen-bond donors (Lipinski definition) is 1. The van der Waals surface area contributed by atoms with Gasteiger partial charge in [0, 0.05) is 6.20 Å². The van der Waals surface area contributed by atoms with Crippen LogP contribution in [0, 0.1) is 12.8 Å². The van der Waals surface area contributed by atoms with E-state index in [4.69, 9.17) is 5.11 Å². The number of aryl methyl sites for hydroxylation is 1. The van der Waals surface area contributed by atoms with E-state index in [9.17, 15) is 4.79 Å². The van der Waals surface area contributed by atoms with Gasteiger partial charge in [-0.25, -0.2) is 4.98 Å². The summed E-state index contributed by atoms with van der Waals surface area (Å²) in [6.45, 7) is 5.74. The van der Waals surface area contributed by atoms with Crippen molar-refractivity contribution in [1.29, 1.82) is 0 Å². The minimum Gasteiger partial charge on any atom is -0.480 e. The van der Waals surface area contributed by atoms with E-state index in [-0.39, 0.29) is 5.92 Å². The number of carboxylic acid groups (broad SMARTS) is 1. The Morgan fingerprint density at radius 2 is 2.19 bits per heavy atom. The van der Waals surface area contributed by atoms with Crippen molar-refractivity contribution in [2.24, 2.45) is 5.92 Å². The van der Waals surface area contributed by atoms with Crippen molar-refractivity contribution in [3.05, 3.63) is 22.3 Å². The number of aliphatic carboxylic acids is 1. The summed E-state index contributed by atoms with van der Waals surface area (Å²) in [5, 5.41) is 9.35. The standard InChI is InChI=1S/C11H14BrNO2S/c1-6(2)9(11(14)15)16-10-8(12)4-7(3)5-13-10/h4-6,9H,1-3H3,(H,14,15). The van der Waals surface area contributed by atoms with E-state index in [1.807, 2.05) is 26.8 Å². The molecule has 0 aliphatic carbocycles. The fourth-order valence-electron chi connectivity index (χ4n) is 1.20. The third kappa shape index (κ3) is 3.49. The fourth-order valence-corrected chi connectivity index (χ4v) is 2.84. The molecule has 1 aromatic rings. The summed E-state index contributed by atoms with van der Waals surface area (Å²) in [7, 11) is 0. The number of aromatic nitrogens is 1. The summed E-state index contributed by atoms with van der Waals surface area (Å²) in [6, 6.07) is 1.94. The second kappa shape index (κ2) is 5.68. The first-order valence-corrected chi connectivity index (χ1v) is 6.60. The Balaban J connectivity index is 2.90. The first-order valence-electron chi connectivity index (χ1n) is 4.93. The highest BCUT2D eigenvalue weighted by Crippen LogP contribution is 2.32. The van der Waals surface area contributed by atoms with E-state index in [0.717, 1.165) is 15.1 Å². The third-order valence-corrected chi connectivity index (χ3v) is 4.45. The summed E-state index contributed by atoms with van der Waals surface area (Å²) in [4.78, 5) is 15.3. The first-order chi connectivity index (χ1) is 7.41. The molecule has 0 bridgehead atoms. The van der Waals surface area contributed by atoms with Crippen LogP contribution < -0.4 is 0 Å². The van der Waals surface area contributed by atoms with E-state index in [0.29, 0.717) is 0 Å². The predicted molar refractivity (Wildman–Crippen MR) is 68.8 cm³/mol. The lowest BCUT2D eigenvalue weighted by molar-refractivity contribution is -0.137. The van der Waals surface area contributed by atoms with Gasteiger partial charge in [-0.05, 0) is 40.4 Å². The van der Waals surface area contributed by atoms with Crippen LogP contribution in [-0.4, -0.2) is 21.3 Å². The van der Waals surface area contributed by atoms with Gasteiger partial charge in [-0.2, -0.15) is 0 Å². The summed E-state index contributed by atoms with van der Waals surface area (Å²) < 4.78 is 0.851. The summed E-state index contributed by atoms with van der Waals surface area (Å²) in [6.07, 6.45) is 1.74. The minimum absolute atomic E-state index is 0.0671. The molecule has 0 saturated heterocycles. The Morgan fingerprint density at radius 1 is 1.56 bits per heavy atom. The van der Waals surface area contributed by atoms with Gasteiger partial charge in [0.25, 0.3) is 0 Å². The molecular formula is C11H14BrNO2S. The van der Waals surface area contributed by atoms with Gasteiger partial charge < -0.3 is 5.11 Å². The third-order valence-electron chi connectivity index (χ3n) is 2.03. The first kappa shape index (κ1) is 13.5. The van der Waals surface area contributed by atoms with Gasteiger partial charge in [-0.1, -0.05) is 25.6 Å². The Kier molecular flexibility index (Phi) is 4.80. The molecule has 1 heterocycles. The number of carbonyl (C=O) groups is 1. The molecule has 1 N–H and O–H groups in total. The van der Waals surface area contributed by atoms with Gasteiger partial charge >= 0.3 is 5.97 Å². The van der Waals surface area contributed by atoms with Crippen molar-refractivity contribution in [3.8, 4) is 0 Å². The van der Waals surface area contributed by atoms with Crippen molar-refractivity contribution in [3.63, 3.8) is 0 Å². The van der Waals surface area contributed by atoms with Crippen LogP contribution in [0.1, 0.15) is 19.4 Å². The van der Waals surface area contributed by atoms with Crippen LogP contribution in [0.2, 0.25) is 0 Å². The van der Waals surface area contributed by atoms with Crippen molar-refractivity contribution >= 4 is 33.7 Å². The number of thioether (sulfide) groups is 1. The Morgan fingerprint density at radius 3 is 2.62 bits per heavy atom. The number of rotatable bonds is 4. The maximum atomic E-state index is 11.1. The zero-order chi connectivity index (χ0) is 12.3. The minimum atomic E-state index is -0.797. The molecular weight excluding hydrogens is 290 g/mol. The largest absolute Gasteiger partial charge is 0.480 e. The highest BCUT2D eigenvalue weighted by molar-refractivity contribution is 9.10. The summed E-state index contributed by atoms with van der Waals surface area (Å²) in [5.41, 5.74) is 1.05. The van der Waals surface area contributed by atoms with Crippen molar-refractivity contribution in [2.75, 3.05) is 0 Å². The second-order valence-corrected chi connectivity index (χ2v) is 5.90. The average molecular weight is 304 g/mol. The van der Waals surface area contributed by atoms with E-state index in [2.05, 4.69) is 20.9 Å². The monoisotopic (exact) mass is 303 g/mol. The molecule has 0 radical (unpaired) electrons. The summed E-state index contributed by atoms with van der Waals surface area (Å²) >= 11 is 4.68. The van der Waals surface area contributed by atoms with Crippen molar-refractivity contribution in [2.45, 2.75) is 31.0 Å². The van der Waals surface area contributed by atoms with Crippen LogP contribution in [0.3, 0.4) is 0 Å². The highest BCUT2D eigenvalue weighted by atomic mass is 79.9. The zero-order valence-corrected chi connectivity index (χ0v) is 11.8. The molecule has 0 aliphatic rings. The second-order valence-electron chi connectivity index (χ2n) is 3.92. The lowest BCUT2D eigenvalue weighted by Crippen LogP contribution is -2.22. The van der Waals surface area contributed by atoms with Crippen LogP contribution in [0.5, 0.6) is 0 Å². The Labute approximate surface area is 108 Å². The summed E-state index contributed by atoms with van der Waals surface area (Å²) in [5.74, 6) is -0.730. The number of pyridine rings is 1. The average Bonchev–Trinajstić information content (AvgIpc) is 2.15. The molecule has 1 rings (SSSR count). The predicted octanol–water partition coefficient (Wildman–Crippen LogP) is 3.35. The van der Waals surface area contributed by atoms with E-state index in [1.165, 1.54) is 11.8 Å². The van der Waals surface area contributed by atoms with Gasteiger partial charge in [0.05, 0.1) is 4.47 Å². The maximum absolute atomic E-state index is 11.1. The molecule has 0 spiro atoms. The normalized spacial score (nSPS) is 12.8. The van der Waals surface area contributed by atoms with Gasteiger partial charge in [0.2, 0.25) is 0 Å². The number of nitrogens with zero attached hydrogens (tertiary/aromatic N) is 1. The van der Waals surface area contributed by atoms with Gasteiger partial charge in [0.1, 0.15) is 10.3 Å². The quantitative estimate of drug-likeness (QED) is 0.867. The number of hydrogen-bond acceptors (Lipinski definition) is 3. The molecule has 0 aromatic carbocycles. The topological polar surface area (TPSA) is 50.2 Å². The molecule has 0 fully saturated rings. The molecule has 16 heavy (non-hydrogen) atoms. The maximum Gasteiger partial charge on any atom is 0.317 e. The zero-order valence-electron chi connectivity index (χ0n) is 9.40. The van der Waals surface area contributed by atoms with Crippen molar-refractivity contribution in [1.82, 2.24) is 4.98 Å². The number of carboxylic acids is 1.